The molecule has 6 nitrogen and oxygen atoms in total. The highest BCUT2D eigenvalue weighted by Crippen LogP contribution is 2.20. The van der Waals surface area contributed by atoms with Crippen molar-refractivity contribution in [2.75, 3.05) is 13.1 Å². The van der Waals surface area contributed by atoms with E-state index in [-0.39, 0.29) is 5.56 Å². The second kappa shape index (κ2) is 9.53. The first-order chi connectivity index (χ1) is 14.6. The van der Waals surface area contributed by atoms with Crippen molar-refractivity contribution in [2.24, 2.45) is 0 Å². The minimum absolute atomic E-state index is 0.161. The quantitative estimate of drug-likeness (QED) is 0.529. The lowest BCUT2D eigenvalue weighted by Crippen LogP contribution is -2.30. The smallest absolute Gasteiger partial charge is 0.270 e. The summed E-state index contributed by atoms with van der Waals surface area (Å²) in [6.07, 6.45) is 5.19. The van der Waals surface area contributed by atoms with E-state index in [2.05, 4.69) is 56.0 Å². The minimum Gasteiger partial charge on any atom is -0.485 e. The van der Waals surface area contributed by atoms with Gasteiger partial charge in [-0.1, -0.05) is 25.1 Å². The summed E-state index contributed by atoms with van der Waals surface area (Å²) in [6.45, 7) is 6.27. The molecule has 3 aromatic rings. The zero-order chi connectivity index (χ0) is 20.9. The molecule has 3 heterocycles. The van der Waals surface area contributed by atoms with Gasteiger partial charge >= 0.3 is 0 Å². The normalized spacial score (nSPS) is 13.8. The van der Waals surface area contributed by atoms with E-state index in [1.165, 1.54) is 27.4 Å². The summed E-state index contributed by atoms with van der Waals surface area (Å²) in [5, 5.41) is 4.28. The number of pyridine rings is 1. The highest BCUT2D eigenvalue weighted by molar-refractivity contribution is 9.10. The third-order valence-corrected chi connectivity index (χ3v) is 5.91. The molecule has 0 atom stereocenters. The Morgan fingerprint density at radius 2 is 2.03 bits per heavy atom. The molecule has 0 N–H and O–H groups in total. The molecule has 156 valence electrons. The third kappa shape index (κ3) is 5.15. The Labute approximate surface area is 184 Å². The van der Waals surface area contributed by atoms with Crippen LogP contribution in [0.25, 0.3) is 0 Å². The minimum atomic E-state index is -0.161. The molecule has 1 aromatic carbocycles. The summed E-state index contributed by atoms with van der Waals surface area (Å²) < 4.78 is 8.06. The summed E-state index contributed by atoms with van der Waals surface area (Å²) in [6, 6.07) is 12.0. The van der Waals surface area contributed by atoms with Gasteiger partial charge in [0, 0.05) is 36.4 Å². The fraction of sp³-hybridized carbons (Fsp3) is 0.348. The van der Waals surface area contributed by atoms with Crippen LogP contribution < -0.4 is 10.3 Å². The van der Waals surface area contributed by atoms with Gasteiger partial charge in [0.2, 0.25) is 0 Å². The predicted molar refractivity (Wildman–Crippen MR) is 120 cm³/mol. The van der Waals surface area contributed by atoms with Crippen LogP contribution in [0.2, 0.25) is 0 Å². The Bertz CT molecular complexity index is 1070. The Hall–Kier alpha value is -2.51. The molecule has 0 saturated carbocycles. The molecule has 1 aliphatic heterocycles. The monoisotopic (exact) mass is 468 g/mol. The molecule has 0 unspecified atom stereocenters. The van der Waals surface area contributed by atoms with Crippen molar-refractivity contribution in [2.45, 2.75) is 39.5 Å². The summed E-state index contributed by atoms with van der Waals surface area (Å²) in [5.41, 5.74) is 4.72. The van der Waals surface area contributed by atoms with E-state index in [9.17, 15) is 4.79 Å². The van der Waals surface area contributed by atoms with Gasteiger partial charge in [-0.3, -0.25) is 14.7 Å². The van der Waals surface area contributed by atoms with E-state index in [1.807, 2.05) is 12.1 Å². The summed E-state index contributed by atoms with van der Waals surface area (Å²) in [4.78, 5) is 19.1. The zero-order valence-electron chi connectivity index (χ0n) is 17.1. The highest BCUT2D eigenvalue weighted by Gasteiger charge is 2.15. The van der Waals surface area contributed by atoms with Crippen LogP contribution >= 0.6 is 15.9 Å². The number of hydrogen-bond donors (Lipinski definition) is 0. The fourth-order valence-electron chi connectivity index (χ4n) is 3.64. The first kappa shape index (κ1) is 20.8. The van der Waals surface area contributed by atoms with Crippen LogP contribution in [0, 0.1) is 0 Å². The van der Waals surface area contributed by atoms with Gasteiger partial charge in [0.1, 0.15) is 12.4 Å². The number of halogens is 1. The molecule has 0 fully saturated rings. The summed E-state index contributed by atoms with van der Waals surface area (Å²) >= 11 is 3.35. The average Bonchev–Trinajstić information content (AvgIpc) is 2.77. The first-order valence-electron chi connectivity index (χ1n) is 10.2. The fourth-order valence-corrected chi connectivity index (χ4v) is 3.88. The predicted octanol–water partition coefficient (Wildman–Crippen LogP) is 3.60. The van der Waals surface area contributed by atoms with E-state index >= 15 is 0 Å². The number of aryl methyl sites for hydroxylation is 2. The number of benzene rings is 1. The Kier molecular flexibility index (Phi) is 6.59. The lowest BCUT2D eigenvalue weighted by Gasteiger charge is -2.27. The van der Waals surface area contributed by atoms with Crippen LogP contribution in [0.5, 0.6) is 5.75 Å². The molecule has 0 amide bonds. The van der Waals surface area contributed by atoms with Crippen LogP contribution in [-0.4, -0.2) is 32.8 Å². The first-order valence-corrected chi connectivity index (χ1v) is 11.0. The molecule has 0 aliphatic carbocycles. The largest absolute Gasteiger partial charge is 0.485 e. The molecule has 4 rings (SSSR count). The SMILES string of the molecule is CCN1CCc2ccc(CCn3ncc(OCc4ccc(Br)cn4)cc3=O)cc2C1. The Balaban J connectivity index is 1.36. The van der Waals surface area contributed by atoms with Crippen molar-refractivity contribution < 1.29 is 4.74 Å². The van der Waals surface area contributed by atoms with Crippen LogP contribution in [0.15, 0.2) is 58.1 Å². The second-order valence-corrected chi connectivity index (χ2v) is 8.40. The zero-order valence-corrected chi connectivity index (χ0v) is 18.6. The highest BCUT2D eigenvalue weighted by atomic mass is 79.9. The molecule has 2 aromatic heterocycles. The number of rotatable bonds is 7. The van der Waals surface area contributed by atoms with Gasteiger partial charge in [0.25, 0.3) is 5.56 Å². The number of likely N-dealkylation sites (N-methyl/N-ethyl adjacent to an activating group) is 1. The molecule has 0 bridgehead atoms. The molecular formula is C23H25BrN4O2. The van der Waals surface area contributed by atoms with E-state index in [0.29, 0.717) is 18.9 Å². The van der Waals surface area contributed by atoms with Gasteiger partial charge in [-0.2, -0.15) is 5.10 Å². The van der Waals surface area contributed by atoms with E-state index < -0.39 is 0 Å². The van der Waals surface area contributed by atoms with E-state index in [0.717, 1.165) is 42.6 Å². The topological polar surface area (TPSA) is 60.3 Å². The van der Waals surface area contributed by atoms with Crippen LogP contribution in [0.1, 0.15) is 29.3 Å². The summed E-state index contributed by atoms with van der Waals surface area (Å²) in [5.74, 6) is 0.453. The maximum absolute atomic E-state index is 12.4. The summed E-state index contributed by atoms with van der Waals surface area (Å²) in [7, 11) is 0. The third-order valence-electron chi connectivity index (χ3n) is 5.44. The van der Waals surface area contributed by atoms with Gasteiger partial charge < -0.3 is 4.74 Å². The van der Waals surface area contributed by atoms with E-state index in [1.54, 1.807) is 12.4 Å². The molecular weight excluding hydrogens is 444 g/mol. The number of nitrogens with zero attached hydrogens (tertiary/aromatic N) is 4. The Morgan fingerprint density at radius 3 is 2.80 bits per heavy atom. The standard InChI is InChI=1S/C23H25BrN4O2/c1-2-27-9-8-18-4-3-17(11-19(18)15-27)7-10-28-23(29)12-22(14-26-28)30-16-21-6-5-20(24)13-25-21/h3-6,11-14H,2,7-10,15-16H2,1H3. The molecule has 0 spiro atoms. The lowest BCUT2D eigenvalue weighted by atomic mass is 9.96. The van der Waals surface area contributed by atoms with Crippen LogP contribution in [-0.2, 0) is 32.5 Å². The van der Waals surface area contributed by atoms with Crippen molar-refractivity contribution in [1.29, 1.82) is 0 Å². The van der Waals surface area contributed by atoms with Gasteiger partial charge in [0.15, 0.2) is 0 Å². The van der Waals surface area contributed by atoms with Gasteiger partial charge in [-0.15, -0.1) is 0 Å². The second-order valence-electron chi connectivity index (χ2n) is 7.48. The number of ether oxygens (including phenoxy) is 1. The molecule has 1 aliphatic rings. The lowest BCUT2D eigenvalue weighted by molar-refractivity contribution is 0.268. The van der Waals surface area contributed by atoms with Gasteiger partial charge in [-0.25, -0.2) is 4.68 Å². The van der Waals surface area contributed by atoms with Crippen molar-refractivity contribution in [3.05, 3.63) is 86.0 Å². The van der Waals surface area contributed by atoms with Crippen molar-refractivity contribution in [3.63, 3.8) is 0 Å². The maximum Gasteiger partial charge on any atom is 0.270 e. The molecule has 0 radical (unpaired) electrons. The average molecular weight is 469 g/mol. The van der Waals surface area contributed by atoms with Crippen molar-refractivity contribution in [1.82, 2.24) is 19.7 Å². The number of aromatic nitrogens is 3. The van der Waals surface area contributed by atoms with Crippen LogP contribution in [0.4, 0.5) is 0 Å². The maximum atomic E-state index is 12.4. The van der Waals surface area contributed by atoms with Crippen molar-refractivity contribution in [3.8, 4) is 5.75 Å². The molecule has 7 heteroatoms. The van der Waals surface area contributed by atoms with E-state index in [4.69, 9.17) is 4.74 Å². The van der Waals surface area contributed by atoms with Gasteiger partial charge in [0.05, 0.1) is 11.9 Å². The Morgan fingerprint density at radius 1 is 1.13 bits per heavy atom. The molecule has 30 heavy (non-hydrogen) atoms. The van der Waals surface area contributed by atoms with Crippen LogP contribution in [0.3, 0.4) is 0 Å². The molecule has 0 saturated heterocycles. The van der Waals surface area contributed by atoms with Gasteiger partial charge in [-0.05, 0) is 64.1 Å². The number of hydrogen-bond acceptors (Lipinski definition) is 5. The number of fused-ring (bicyclic) bond motifs is 1. The van der Waals surface area contributed by atoms with Crippen molar-refractivity contribution >= 4 is 15.9 Å².